The maximum absolute atomic E-state index is 12.9. The Balaban J connectivity index is 1.46. The first-order valence-electron chi connectivity index (χ1n) is 9.51. The lowest BCUT2D eigenvalue weighted by Gasteiger charge is -2.32. The molecule has 0 aliphatic carbocycles. The average Bonchev–Trinajstić information content (AvgIpc) is 3.32. The number of fused-ring (bicyclic) bond motifs is 1. The zero-order valence-electron chi connectivity index (χ0n) is 16.2. The third-order valence-corrected chi connectivity index (χ3v) is 5.42. The molecule has 3 aromatic rings. The smallest absolute Gasteiger partial charge is 0.340 e. The summed E-state index contributed by atoms with van der Waals surface area (Å²) in [6.07, 6.45) is 7.43. The second-order valence-electron chi connectivity index (χ2n) is 7.29. The summed E-state index contributed by atoms with van der Waals surface area (Å²) < 4.78 is 8.73. The van der Waals surface area contributed by atoms with E-state index in [1.165, 1.54) is 7.11 Å². The molecule has 0 N–H and O–H groups in total. The van der Waals surface area contributed by atoms with E-state index in [2.05, 4.69) is 11.3 Å². The maximum Gasteiger partial charge on any atom is 0.340 e. The molecule has 1 aromatic carbocycles. The Morgan fingerprint density at radius 3 is 2.61 bits per heavy atom. The van der Waals surface area contributed by atoms with Crippen LogP contribution in [0.2, 0.25) is 0 Å². The molecule has 2 aromatic heterocycles. The third kappa shape index (κ3) is 3.40. The molecule has 0 spiro atoms. The van der Waals surface area contributed by atoms with Gasteiger partial charge in [-0.25, -0.2) is 4.79 Å². The highest BCUT2D eigenvalue weighted by molar-refractivity contribution is 6.04. The van der Waals surface area contributed by atoms with Crippen molar-refractivity contribution in [1.29, 1.82) is 0 Å². The van der Waals surface area contributed by atoms with Crippen molar-refractivity contribution in [3.8, 4) is 0 Å². The van der Waals surface area contributed by atoms with E-state index in [0.717, 1.165) is 29.3 Å². The number of aryl methyl sites for hydroxylation is 1. The van der Waals surface area contributed by atoms with Gasteiger partial charge in [-0.2, -0.15) is 5.10 Å². The number of para-hydroxylation sites is 1. The Labute approximate surface area is 163 Å². The van der Waals surface area contributed by atoms with Gasteiger partial charge in [-0.15, -0.1) is 0 Å². The molecule has 7 heteroatoms. The SMILES string of the molecule is COC(=O)c1cn(CC(=O)N2CCC(n3cc(C)cn3)CC2)c2ccccc12. The Hall–Kier alpha value is -3.09. The highest BCUT2D eigenvalue weighted by atomic mass is 16.5. The van der Waals surface area contributed by atoms with Crippen LogP contribution in [0.15, 0.2) is 42.9 Å². The van der Waals surface area contributed by atoms with Crippen LogP contribution in [0.4, 0.5) is 0 Å². The van der Waals surface area contributed by atoms with Gasteiger partial charge in [0.25, 0.3) is 0 Å². The van der Waals surface area contributed by atoms with E-state index in [0.29, 0.717) is 24.7 Å². The molecule has 1 aliphatic heterocycles. The first kappa shape index (κ1) is 18.3. The van der Waals surface area contributed by atoms with E-state index in [1.807, 2.05) is 51.5 Å². The molecule has 1 fully saturated rings. The van der Waals surface area contributed by atoms with Gasteiger partial charge in [0, 0.05) is 36.4 Å². The molecular formula is C21H24N4O3. The fourth-order valence-electron chi connectivity index (χ4n) is 3.91. The number of hydrogen-bond donors (Lipinski definition) is 0. The van der Waals surface area contributed by atoms with Gasteiger partial charge in [0.05, 0.1) is 24.9 Å². The van der Waals surface area contributed by atoms with Crippen molar-refractivity contribution in [2.45, 2.75) is 32.4 Å². The van der Waals surface area contributed by atoms with E-state index in [-0.39, 0.29) is 12.5 Å². The number of carbonyl (C=O) groups is 2. The molecule has 146 valence electrons. The predicted molar refractivity (Wildman–Crippen MR) is 105 cm³/mol. The maximum atomic E-state index is 12.9. The average molecular weight is 380 g/mol. The lowest BCUT2D eigenvalue weighted by Crippen LogP contribution is -2.40. The number of esters is 1. The number of ether oxygens (including phenoxy) is 1. The van der Waals surface area contributed by atoms with Crippen LogP contribution in [0, 0.1) is 6.92 Å². The van der Waals surface area contributed by atoms with Gasteiger partial charge in [-0.1, -0.05) is 18.2 Å². The molecule has 4 rings (SSSR count). The number of rotatable bonds is 4. The Kier molecular flexibility index (Phi) is 4.90. The van der Waals surface area contributed by atoms with Gasteiger partial charge >= 0.3 is 5.97 Å². The Morgan fingerprint density at radius 2 is 1.93 bits per heavy atom. The van der Waals surface area contributed by atoms with Gasteiger partial charge in [0.15, 0.2) is 0 Å². The minimum atomic E-state index is -0.391. The number of methoxy groups -OCH3 is 1. The van der Waals surface area contributed by atoms with Crippen LogP contribution in [-0.2, 0) is 16.1 Å². The fraction of sp³-hybridized carbons (Fsp3) is 0.381. The van der Waals surface area contributed by atoms with Crippen LogP contribution < -0.4 is 0 Å². The zero-order valence-corrected chi connectivity index (χ0v) is 16.2. The van der Waals surface area contributed by atoms with Crippen molar-refractivity contribution in [3.63, 3.8) is 0 Å². The summed E-state index contributed by atoms with van der Waals surface area (Å²) in [4.78, 5) is 26.8. The molecule has 28 heavy (non-hydrogen) atoms. The molecule has 1 amide bonds. The van der Waals surface area contributed by atoms with Crippen LogP contribution in [0.25, 0.3) is 10.9 Å². The summed E-state index contributed by atoms with van der Waals surface area (Å²) in [5, 5.41) is 5.20. The van der Waals surface area contributed by atoms with Gasteiger partial charge in [-0.05, 0) is 31.4 Å². The van der Waals surface area contributed by atoms with Crippen molar-refractivity contribution in [3.05, 3.63) is 54.0 Å². The van der Waals surface area contributed by atoms with Gasteiger partial charge in [-0.3, -0.25) is 9.48 Å². The third-order valence-electron chi connectivity index (χ3n) is 5.42. The quantitative estimate of drug-likeness (QED) is 0.653. The normalized spacial score (nSPS) is 15.1. The molecule has 1 aliphatic rings. The molecule has 0 saturated carbocycles. The van der Waals surface area contributed by atoms with E-state index < -0.39 is 5.97 Å². The Morgan fingerprint density at radius 1 is 1.18 bits per heavy atom. The number of piperidine rings is 1. The van der Waals surface area contributed by atoms with Crippen LogP contribution in [0.1, 0.15) is 34.8 Å². The lowest BCUT2D eigenvalue weighted by molar-refractivity contribution is -0.133. The minimum absolute atomic E-state index is 0.0623. The summed E-state index contributed by atoms with van der Waals surface area (Å²) in [7, 11) is 1.37. The lowest BCUT2D eigenvalue weighted by atomic mass is 10.1. The first-order valence-corrected chi connectivity index (χ1v) is 9.51. The summed E-state index contributed by atoms with van der Waals surface area (Å²) >= 11 is 0. The van der Waals surface area contributed by atoms with E-state index in [9.17, 15) is 9.59 Å². The first-order chi connectivity index (χ1) is 13.6. The Bertz CT molecular complexity index is 1010. The predicted octanol–water partition coefficient (Wildman–Crippen LogP) is 2.80. The fourth-order valence-corrected chi connectivity index (χ4v) is 3.91. The van der Waals surface area contributed by atoms with Crippen LogP contribution >= 0.6 is 0 Å². The summed E-state index contributed by atoms with van der Waals surface area (Å²) in [5.74, 6) is -0.329. The van der Waals surface area contributed by atoms with Gasteiger partial charge < -0.3 is 14.2 Å². The molecule has 1 saturated heterocycles. The number of hydrogen-bond acceptors (Lipinski definition) is 4. The minimum Gasteiger partial charge on any atom is -0.465 e. The van der Waals surface area contributed by atoms with E-state index >= 15 is 0 Å². The standard InChI is InChI=1S/C21H24N4O3/c1-15-11-22-25(12-15)16-7-9-23(10-8-16)20(26)14-24-13-18(21(27)28-2)17-5-3-4-6-19(17)24/h3-6,11-13,16H,7-10,14H2,1-2H3. The molecule has 0 bridgehead atoms. The van der Waals surface area contributed by atoms with Crippen LogP contribution in [0.5, 0.6) is 0 Å². The van der Waals surface area contributed by atoms with Crippen molar-refractivity contribution < 1.29 is 14.3 Å². The molecule has 0 radical (unpaired) electrons. The van der Waals surface area contributed by atoms with E-state index in [4.69, 9.17) is 4.74 Å². The number of amides is 1. The summed E-state index contributed by atoms with van der Waals surface area (Å²) in [6.45, 7) is 3.67. The van der Waals surface area contributed by atoms with Crippen molar-refractivity contribution in [2.24, 2.45) is 0 Å². The highest BCUT2D eigenvalue weighted by Gasteiger charge is 2.25. The molecule has 7 nitrogen and oxygen atoms in total. The second-order valence-corrected chi connectivity index (χ2v) is 7.29. The number of carbonyl (C=O) groups excluding carboxylic acids is 2. The van der Waals surface area contributed by atoms with Crippen molar-refractivity contribution in [2.75, 3.05) is 20.2 Å². The van der Waals surface area contributed by atoms with E-state index in [1.54, 1.807) is 6.20 Å². The topological polar surface area (TPSA) is 69.4 Å². The largest absolute Gasteiger partial charge is 0.465 e. The molecule has 0 atom stereocenters. The van der Waals surface area contributed by atoms with Crippen LogP contribution in [-0.4, -0.2) is 51.3 Å². The number of likely N-dealkylation sites (tertiary alicyclic amines) is 1. The number of aromatic nitrogens is 3. The molecule has 3 heterocycles. The summed E-state index contributed by atoms with van der Waals surface area (Å²) in [6, 6.07) is 7.92. The highest BCUT2D eigenvalue weighted by Crippen LogP contribution is 2.24. The second kappa shape index (κ2) is 7.50. The van der Waals surface area contributed by atoms with Crippen molar-refractivity contribution >= 4 is 22.8 Å². The molecule has 0 unspecified atom stereocenters. The van der Waals surface area contributed by atoms with Crippen LogP contribution in [0.3, 0.4) is 0 Å². The number of benzene rings is 1. The zero-order chi connectivity index (χ0) is 19.7. The van der Waals surface area contributed by atoms with Gasteiger partial charge in [0.2, 0.25) is 5.91 Å². The number of nitrogens with zero attached hydrogens (tertiary/aromatic N) is 4. The van der Waals surface area contributed by atoms with Gasteiger partial charge in [0.1, 0.15) is 6.54 Å². The monoisotopic (exact) mass is 380 g/mol. The summed E-state index contributed by atoms with van der Waals surface area (Å²) in [5.41, 5.74) is 2.50. The van der Waals surface area contributed by atoms with Crippen molar-refractivity contribution in [1.82, 2.24) is 19.2 Å². The molecular weight excluding hydrogens is 356 g/mol.